The van der Waals surface area contributed by atoms with Crippen molar-refractivity contribution in [3.63, 3.8) is 0 Å². The van der Waals surface area contributed by atoms with E-state index < -0.39 is 11.5 Å². The third-order valence-electron chi connectivity index (χ3n) is 5.77. The summed E-state index contributed by atoms with van der Waals surface area (Å²) in [7, 11) is 0. The molecule has 3 heterocycles. The van der Waals surface area contributed by atoms with E-state index in [1.54, 1.807) is 23.2 Å². The van der Waals surface area contributed by atoms with Gasteiger partial charge in [-0.15, -0.1) is 0 Å². The molecule has 2 aliphatic heterocycles. The van der Waals surface area contributed by atoms with Crippen LogP contribution in [0.4, 0.5) is 10.6 Å². The average molecular weight is 460 g/mol. The minimum absolute atomic E-state index is 0.0326. The molecular weight excluding hydrogens is 426 g/mol. The summed E-state index contributed by atoms with van der Waals surface area (Å²) in [6, 6.07) is 3.32. The molecule has 33 heavy (non-hydrogen) atoms. The zero-order valence-electron chi connectivity index (χ0n) is 19.9. The number of piperazine rings is 1. The lowest BCUT2D eigenvalue weighted by Gasteiger charge is -2.44. The van der Waals surface area contributed by atoms with E-state index in [-0.39, 0.29) is 48.9 Å². The summed E-state index contributed by atoms with van der Waals surface area (Å²) >= 11 is 0. The van der Waals surface area contributed by atoms with Crippen molar-refractivity contribution in [2.75, 3.05) is 25.0 Å². The van der Waals surface area contributed by atoms with E-state index in [2.05, 4.69) is 15.6 Å². The Bertz CT molecular complexity index is 916. The number of carbonyl (C=O) groups excluding carboxylic acids is 4. The van der Waals surface area contributed by atoms with E-state index in [0.29, 0.717) is 30.9 Å². The highest BCUT2D eigenvalue weighted by atomic mass is 16.6. The number of nitrogens with zero attached hydrogens (tertiary/aromatic N) is 3. The minimum atomic E-state index is -0.560. The normalized spacial score (nSPS) is 24.3. The summed E-state index contributed by atoms with van der Waals surface area (Å²) < 4.78 is 5.48. The van der Waals surface area contributed by atoms with Gasteiger partial charge in [0, 0.05) is 37.8 Å². The number of carbonyl (C=O) groups is 4. The summed E-state index contributed by atoms with van der Waals surface area (Å²) in [6.07, 6.45) is 1.91. The number of imide groups is 1. The molecule has 0 spiro atoms. The molecule has 180 valence electrons. The predicted octanol–water partition coefficient (Wildman–Crippen LogP) is 1.87. The second kappa shape index (κ2) is 9.86. The van der Waals surface area contributed by atoms with E-state index >= 15 is 0 Å². The first kappa shape index (κ1) is 24.6. The smallest absolute Gasteiger partial charge is 0.410 e. The highest BCUT2D eigenvalue weighted by Crippen LogP contribution is 2.26. The minimum Gasteiger partial charge on any atom is -0.444 e. The van der Waals surface area contributed by atoms with E-state index in [4.69, 9.17) is 4.74 Å². The standard InChI is InChI=1S/C23H33N5O5/c1-14-11-27(22(32)33-23(3,4)5)12-15(2)28(14)13-20(30)25-18-10-16(8-9-24-18)17-6-7-19(29)26-21(17)31/h8-10,14-15,17H,6-7,11-13H2,1-5H3,(H,24,25,30)(H,26,29,31)/t14-,15+,17?. The summed E-state index contributed by atoms with van der Waals surface area (Å²) in [5.74, 6) is -0.918. The summed E-state index contributed by atoms with van der Waals surface area (Å²) in [5.41, 5.74) is 0.147. The lowest BCUT2D eigenvalue weighted by molar-refractivity contribution is -0.134. The van der Waals surface area contributed by atoms with Gasteiger partial charge in [-0.25, -0.2) is 9.78 Å². The molecule has 0 aliphatic carbocycles. The van der Waals surface area contributed by atoms with Gasteiger partial charge in [0.1, 0.15) is 11.4 Å². The molecule has 2 saturated heterocycles. The molecule has 1 aromatic heterocycles. The lowest BCUT2D eigenvalue weighted by Crippen LogP contribution is -2.59. The Hall–Kier alpha value is -3.01. The summed E-state index contributed by atoms with van der Waals surface area (Å²) in [4.78, 5) is 56.6. The lowest BCUT2D eigenvalue weighted by atomic mass is 9.91. The zero-order chi connectivity index (χ0) is 24.3. The van der Waals surface area contributed by atoms with Crippen LogP contribution in [0.1, 0.15) is 58.9 Å². The van der Waals surface area contributed by atoms with Crippen molar-refractivity contribution in [3.8, 4) is 0 Å². The van der Waals surface area contributed by atoms with Crippen LogP contribution in [0.2, 0.25) is 0 Å². The van der Waals surface area contributed by atoms with E-state index in [1.165, 1.54) is 0 Å². The Morgan fingerprint density at radius 2 is 1.88 bits per heavy atom. The summed E-state index contributed by atoms with van der Waals surface area (Å²) in [5, 5.41) is 5.15. The Kier molecular flexibility index (Phi) is 7.36. The van der Waals surface area contributed by atoms with Gasteiger partial charge in [0.25, 0.3) is 0 Å². The Morgan fingerprint density at radius 1 is 1.21 bits per heavy atom. The van der Waals surface area contributed by atoms with Crippen LogP contribution in [0.15, 0.2) is 18.3 Å². The Balaban J connectivity index is 1.58. The monoisotopic (exact) mass is 459 g/mol. The van der Waals surface area contributed by atoms with Crippen LogP contribution in [-0.4, -0.2) is 75.9 Å². The van der Waals surface area contributed by atoms with Gasteiger partial charge in [-0.05, 0) is 58.7 Å². The molecule has 3 atom stereocenters. The topological polar surface area (TPSA) is 121 Å². The summed E-state index contributed by atoms with van der Waals surface area (Å²) in [6.45, 7) is 10.5. The first-order chi connectivity index (χ1) is 15.4. The number of hydrogen-bond acceptors (Lipinski definition) is 7. The molecule has 1 aromatic rings. The average Bonchev–Trinajstić information content (AvgIpc) is 2.69. The van der Waals surface area contributed by atoms with Crippen molar-refractivity contribution < 1.29 is 23.9 Å². The SMILES string of the molecule is C[C@@H]1CN(C(=O)OC(C)(C)C)C[C@H](C)N1CC(=O)Nc1cc(C2CCC(=O)NC2=O)ccn1. The van der Waals surface area contributed by atoms with Crippen LogP contribution >= 0.6 is 0 Å². The van der Waals surface area contributed by atoms with Gasteiger partial charge in [-0.2, -0.15) is 0 Å². The molecule has 2 N–H and O–H groups in total. The Labute approximate surface area is 194 Å². The van der Waals surface area contributed by atoms with Crippen LogP contribution in [0, 0.1) is 0 Å². The van der Waals surface area contributed by atoms with Crippen LogP contribution < -0.4 is 10.6 Å². The zero-order valence-corrected chi connectivity index (χ0v) is 19.9. The first-order valence-corrected chi connectivity index (χ1v) is 11.3. The van der Waals surface area contributed by atoms with Crippen LogP contribution in [0.5, 0.6) is 0 Å². The van der Waals surface area contributed by atoms with Crippen LogP contribution in [0.3, 0.4) is 0 Å². The fraction of sp³-hybridized carbons (Fsp3) is 0.609. The molecular formula is C23H33N5O5. The van der Waals surface area contributed by atoms with Gasteiger partial charge < -0.3 is 15.0 Å². The maximum absolute atomic E-state index is 12.7. The highest BCUT2D eigenvalue weighted by molar-refractivity contribution is 6.01. The molecule has 0 bridgehead atoms. The van der Waals surface area contributed by atoms with Crippen molar-refractivity contribution in [2.24, 2.45) is 0 Å². The molecule has 2 aliphatic rings. The predicted molar refractivity (Wildman–Crippen MR) is 121 cm³/mol. The molecule has 0 saturated carbocycles. The molecule has 10 heteroatoms. The molecule has 1 unspecified atom stereocenters. The van der Waals surface area contributed by atoms with Crippen molar-refractivity contribution in [1.29, 1.82) is 0 Å². The molecule has 10 nitrogen and oxygen atoms in total. The maximum atomic E-state index is 12.7. The van der Waals surface area contributed by atoms with Gasteiger partial charge in [-0.1, -0.05) is 0 Å². The highest BCUT2D eigenvalue weighted by Gasteiger charge is 2.35. The molecule has 4 amide bonds. The van der Waals surface area contributed by atoms with Gasteiger partial charge in [0.15, 0.2) is 0 Å². The third kappa shape index (κ3) is 6.50. The van der Waals surface area contributed by atoms with Gasteiger partial charge in [-0.3, -0.25) is 24.6 Å². The van der Waals surface area contributed by atoms with Crippen molar-refractivity contribution >= 4 is 29.6 Å². The number of anilines is 1. The van der Waals surface area contributed by atoms with Crippen molar-refractivity contribution in [1.82, 2.24) is 20.1 Å². The molecule has 0 radical (unpaired) electrons. The van der Waals surface area contributed by atoms with Crippen molar-refractivity contribution in [2.45, 2.75) is 71.1 Å². The van der Waals surface area contributed by atoms with Crippen molar-refractivity contribution in [3.05, 3.63) is 23.9 Å². The second-order valence-corrected chi connectivity index (χ2v) is 9.78. The Morgan fingerprint density at radius 3 is 2.48 bits per heavy atom. The number of nitrogens with one attached hydrogen (secondary N) is 2. The molecule has 0 aromatic carbocycles. The van der Waals surface area contributed by atoms with Gasteiger partial charge in [0.05, 0.1) is 12.5 Å². The number of amides is 4. The number of piperidine rings is 1. The molecule has 3 rings (SSSR count). The fourth-order valence-electron chi connectivity index (χ4n) is 4.24. The second-order valence-electron chi connectivity index (χ2n) is 9.78. The first-order valence-electron chi connectivity index (χ1n) is 11.3. The number of rotatable bonds is 4. The number of ether oxygens (including phenoxy) is 1. The van der Waals surface area contributed by atoms with Gasteiger partial charge in [0.2, 0.25) is 17.7 Å². The van der Waals surface area contributed by atoms with Crippen LogP contribution in [-0.2, 0) is 19.1 Å². The third-order valence-corrected chi connectivity index (χ3v) is 5.77. The van der Waals surface area contributed by atoms with E-state index in [9.17, 15) is 19.2 Å². The maximum Gasteiger partial charge on any atom is 0.410 e. The number of pyridine rings is 1. The largest absolute Gasteiger partial charge is 0.444 e. The quantitative estimate of drug-likeness (QED) is 0.660. The molecule has 2 fully saturated rings. The number of aromatic nitrogens is 1. The number of hydrogen-bond donors (Lipinski definition) is 2. The van der Waals surface area contributed by atoms with Crippen LogP contribution in [0.25, 0.3) is 0 Å². The van der Waals surface area contributed by atoms with E-state index in [0.717, 1.165) is 0 Å². The van der Waals surface area contributed by atoms with Gasteiger partial charge >= 0.3 is 6.09 Å². The fourth-order valence-corrected chi connectivity index (χ4v) is 4.24. The van der Waals surface area contributed by atoms with E-state index in [1.807, 2.05) is 39.5 Å².